The summed E-state index contributed by atoms with van der Waals surface area (Å²) < 4.78 is 0. The molecular weight excluding hydrogens is 188 g/mol. The molecule has 1 amide bonds. The van der Waals surface area contributed by atoms with E-state index in [4.69, 9.17) is 0 Å². The lowest BCUT2D eigenvalue weighted by molar-refractivity contribution is 0.0663. The van der Waals surface area contributed by atoms with E-state index >= 15 is 0 Å². The van der Waals surface area contributed by atoms with Crippen LogP contribution in [0.5, 0.6) is 0 Å². The van der Waals surface area contributed by atoms with Gasteiger partial charge in [-0.25, -0.2) is 0 Å². The third-order valence-electron chi connectivity index (χ3n) is 3.10. The van der Waals surface area contributed by atoms with Crippen LogP contribution in [0.2, 0.25) is 0 Å². The van der Waals surface area contributed by atoms with Crippen molar-refractivity contribution in [1.82, 2.24) is 9.88 Å². The molecule has 0 aromatic carbocycles. The summed E-state index contributed by atoms with van der Waals surface area (Å²) in [4.78, 5) is 18.2. The molecule has 0 radical (unpaired) electrons. The van der Waals surface area contributed by atoms with E-state index in [1.165, 1.54) is 0 Å². The highest BCUT2D eigenvalue weighted by Crippen LogP contribution is 2.19. The van der Waals surface area contributed by atoms with Gasteiger partial charge in [-0.05, 0) is 31.4 Å². The van der Waals surface area contributed by atoms with Crippen molar-refractivity contribution in [3.05, 3.63) is 29.6 Å². The number of nitrogens with zero attached hydrogens (tertiary/aromatic N) is 2. The summed E-state index contributed by atoms with van der Waals surface area (Å²) in [6.07, 6.45) is 3.62. The molecule has 0 fully saturated rings. The zero-order valence-corrected chi connectivity index (χ0v) is 9.23. The minimum Gasteiger partial charge on any atom is -0.334 e. The van der Waals surface area contributed by atoms with Crippen LogP contribution in [0, 0.1) is 0 Å². The molecule has 1 atom stereocenters. The molecule has 0 spiro atoms. The lowest BCUT2D eigenvalue weighted by atomic mass is 10.0. The van der Waals surface area contributed by atoms with Crippen molar-refractivity contribution in [3.63, 3.8) is 0 Å². The minimum atomic E-state index is 0.0891. The standard InChI is InChI=1S/C12H16N2O/c1-3-9(2)14-8-6-10-5-4-7-13-11(10)12(14)15/h4-5,7,9H,3,6,8H2,1-2H3. The zero-order chi connectivity index (χ0) is 10.8. The van der Waals surface area contributed by atoms with Crippen LogP contribution in [0.15, 0.2) is 18.3 Å². The third kappa shape index (κ3) is 1.74. The average Bonchev–Trinajstić information content (AvgIpc) is 2.29. The lowest BCUT2D eigenvalue weighted by Gasteiger charge is -2.32. The first kappa shape index (κ1) is 10.1. The molecule has 80 valence electrons. The van der Waals surface area contributed by atoms with Crippen molar-refractivity contribution in [2.45, 2.75) is 32.7 Å². The van der Waals surface area contributed by atoms with E-state index < -0.39 is 0 Å². The highest BCUT2D eigenvalue weighted by molar-refractivity contribution is 5.94. The number of carbonyl (C=O) groups excluding carboxylic acids is 1. The van der Waals surface area contributed by atoms with Gasteiger partial charge in [-0.3, -0.25) is 9.78 Å². The Bertz CT molecular complexity index is 376. The van der Waals surface area contributed by atoms with Gasteiger partial charge in [0.1, 0.15) is 5.69 Å². The zero-order valence-electron chi connectivity index (χ0n) is 9.23. The van der Waals surface area contributed by atoms with Crippen molar-refractivity contribution < 1.29 is 4.79 Å². The molecule has 1 aliphatic heterocycles. The quantitative estimate of drug-likeness (QED) is 0.737. The second-order valence-corrected chi connectivity index (χ2v) is 4.02. The molecule has 0 N–H and O–H groups in total. The molecule has 0 saturated heterocycles. The van der Waals surface area contributed by atoms with Crippen LogP contribution in [-0.4, -0.2) is 28.4 Å². The third-order valence-corrected chi connectivity index (χ3v) is 3.10. The van der Waals surface area contributed by atoms with E-state index in [9.17, 15) is 4.79 Å². The molecule has 2 rings (SSSR count). The molecule has 0 aliphatic carbocycles. The molecule has 1 aromatic heterocycles. The van der Waals surface area contributed by atoms with Crippen LogP contribution in [0.4, 0.5) is 0 Å². The number of hydrogen-bond acceptors (Lipinski definition) is 2. The Morgan fingerprint density at radius 1 is 1.60 bits per heavy atom. The first-order valence-electron chi connectivity index (χ1n) is 5.49. The van der Waals surface area contributed by atoms with Gasteiger partial charge in [0.05, 0.1) is 0 Å². The predicted molar refractivity (Wildman–Crippen MR) is 58.7 cm³/mol. The summed E-state index contributed by atoms with van der Waals surface area (Å²) in [5.74, 6) is 0.0891. The summed E-state index contributed by atoms with van der Waals surface area (Å²) in [5, 5.41) is 0. The summed E-state index contributed by atoms with van der Waals surface area (Å²) in [6, 6.07) is 4.20. The number of amides is 1. The fourth-order valence-electron chi connectivity index (χ4n) is 1.95. The van der Waals surface area contributed by atoms with Crippen LogP contribution >= 0.6 is 0 Å². The molecule has 0 bridgehead atoms. The van der Waals surface area contributed by atoms with Crippen molar-refractivity contribution in [2.24, 2.45) is 0 Å². The molecule has 3 nitrogen and oxygen atoms in total. The SMILES string of the molecule is CCC(C)N1CCc2cccnc2C1=O. The summed E-state index contributed by atoms with van der Waals surface area (Å²) in [6.45, 7) is 5.02. The number of fused-ring (bicyclic) bond motifs is 1. The molecule has 1 unspecified atom stereocenters. The molecule has 15 heavy (non-hydrogen) atoms. The van der Waals surface area contributed by atoms with Crippen LogP contribution in [0.25, 0.3) is 0 Å². The summed E-state index contributed by atoms with van der Waals surface area (Å²) >= 11 is 0. The lowest BCUT2D eigenvalue weighted by Crippen LogP contribution is -2.43. The summed E-state index contributed by atoms with van der Waals surface area (Å²) in [7, 11) is 0. The Morgan fingerprint density at radius 2 is 2.40 bits per heavy atom. The van der Waals surface area contributed by atoms with Crippen molar-refractivity contribution in [1.29, 1.82) is 0 Å². The Kier molecular flexibility index (Phi) is 2.71. The van der Waals surface area contributed by atoms with E-state index in [0.29, 0.717) is 11.7 Å². The van der Waals surface area contributed by atoms with E-state index in [0.717, 1.165) is 24.9 Å². The molecule has 3 heteroatoms. The number of pyridine rings is 1. The number of hydrogen-bond donors (Lipinski definition) is 0. The largest absolute Gasteiger partial charge is 0.334 e. The molecular formula is C12H16N2O. The van der Waals surface area contributed by atoms with Crippen molar-refractivity contribution in [3.8, 4) is 0 Å². The Hall–Kier alpha value is -1.38. The fourth-order valence-corrected chi connectivity index (χ4v) is 1.95. The number of carbonyl (C=O) groups is 1. The van der Waals surface area contributed by atoms with E-state index in [-0.39, 0.29) is 5.91 Å². The van der Waals surface area contributed by atoms with E-state index in [1.807, 2.05) is 17.0 Å². The molecule has 0 saturated carbocycles. The van der Waals surface area contributed by atoms with Gasteiger partial charge in [0.2, 0.25) is 0 Å². The Labute approximate surface area is 90.1 Å². The molecule has 1 aromatic rings. The van der Waals surface area contributed by atoms with Gasteiger partial charge in [0, 0.05) is 18.8 Å². The Balaban J connectivity index is 2.30. The van der Waals surface area contributed by atoms with Gasteiger partial charge in [-0.15, -0.1) is 0 Å². The predicted octanol–water partition coefficient (Wildman–Crippen LogP) is 1.88. The molecule has 1 aliphatic rings. The maximum Gasteiger partial charge on any atom is 0.272 e. The fraction of sp³-hybridized carbons (Fsp3) is 0.500. The van der Waals surface area contributed by atoms with Gasteiger partial charge >= 0.3 is 0 Å². The van der Waals surface area contributed by atoms with Gasteiger partial charge < -0.3 is 4.90 Å². The normalized spacial score (nSPS) is 17.5. The first-order chi connectivity index (χ1) is 7.24. The minimum absolute atomic E-state index is 0.0891. The highest BCUT2D eigenvalue weighted by atomic mass is 16.2. The highest BCUT2D eigenvalue weighted by Gasteiger charge is 2.27. The maximum atomic E-state index is 12.1. The van der Waals surface area contributed by atoms with Gasteiger partial charge in [0.25, 0.3) is 5.91 Å². The number of rotatable bonds is 2. The van der Waals surface area contributed by atoms with Gasteiger partial charge in [0.15, 0.2) is 0 Å². The topological polar surface area (TPSA) is 33.2 Å². The van der Waals surface area contributed by atoms with E-state index in [2.05, 4.69) is 18.8 Å². The van der Waals surface area contributed by atoms with Crippen LogP contribution in [-0.2, 0) is 6.42 Å². The van der Waals surface area contributed by atoms with Gasteiger partial charge in [-0.1, -0.05) is 13.0 Å². The monoisotopic (exact) mass is 204 g/mol. The van der Waals surface area contributed by atoms with Crippen molar-refractivity contribution in [2.75, 3.05) is 6.54 Å². The van der Waals surface area contributed by atoms with Crippen LogP contribution < -0.4 is 0 Å². The summed E-state index contributed by atoms with van der Waals surface area (Å²) in [5.41, 5.74) is 1.73. The number of aromatic nitrogens is 1. The molecule has 2 heterocycles. The first-order valence-corrected chi connectivity index (χ1v) is 5.49. The van der Waals surface area contributed by atoms with Gasteiger partial charge in [-0.2, -0.15) is 0 Å². The second kappa shape index (κ2) is 4.01. The average molecular weight is 204 g/mol. The van der Waals surface area contributed by atoms with E-state index in [1.54, 1.807) is 6.20 Å². The second-order valence-electron chi connectivity index (χ2n) is 4.02. The Morgan fingerprint density at radius 3 is 3.13 bits per heavy atom. The van der Waals surface area contributed by atoms with Crippen molar-refractivity contribution >= 4 is 5.91 Å². The van der Waals surface area contributed by atoms with Crippen LogP contribution in [0.3, 0.4) is 0 Å². The maximum absolute atomic E-state index is 12.1. The van der Waals surface area contributed by atoms with Crippen LogP contribution in [0.1, 0.15) is 36.3 Å². The smallest absolute Gasteiger partial charge is 0.272 e.